The Morgan fingerprint density at radius 1 is 1.10 bits per heavy atom. The van der Waals surface area contributed by atoms with E-state index in [4.69, 9.17) is 14.1 Å². The average Bonchev–Trinajstić information content (AvgIpc) is 3.41. The second kappa shape index (κ2) is 7.79. The molecular weight excluding hydrogens is 370 g/mol. The van der Waals surface area contributed by atoms with Gasteiger partial charge in [-0.05, 0) is 37.5 Å². The van der Waals surface area contributed by atoms with E-state index < -0.39 is 0 Å². The number of hydrogen-bond acceptors (Lipinski definition) is 7. The summed E-state index contributed by atoms with van der Waals surface area (Å²) in [5.74, 6) is 0.975. The highest BCUT2D eigenvalue weighted by molar-refractivity contribution is 5.92. The third-order valence-electron chi connectivity index (χ3n) is 5.60. The van der Waals surface area contributed by atoms with Crippen LogP contribution in [0, 0.1) is 0 Å². The molecule has 2 saturated heterocycles. The number of anilines is 1. The van der Waals surface area contributed by atoms with Crippen molar-refractivity contribution in [2.75, 3.05) is 31.2 Å². The number of nitrogens with one attached hydrogen (secondary N) is 1. The second-order valence-electron chi connectivity index (χ2n) is 7.56. The van der Waals surface area contributed by atoms with Crippen LogP contribution in [0.3, 0.4) is 0 Å². The maximum atomic E-state index is 12.5. The van der Waals surface area contributed by atoms with Crippen molar-refractivity contribution in [3.8, 4) is 0 Å². The number of carbonyl (C=O) groups excluding carboxylic acids is 1. The highest BCUT2D eigenvalue weighted by Gasteiger charge is 2.28. The van der Waals surface area contributed by atoms with Gasteiger partial charge in [0.05, 0.1) is 0 Å². The molecule has 0 spiro atoms. The van der Waals surface area contributed by atoms with E-state index in [1.165, 1.54) is 0 Å². The lowest BCUT2D eigenvalue weighted by Crippen LogP contribution is -2.37. The van der Waals surface area contributed by atoms with Crippen LogP contribution >= 0.6 is 0 Å². The topological polar surface area (TPSA) is 93.4 Å². The van der Waals surface area contributed by atoms with Crippen LogP contribution in [-0.4, -0.2) is 53.2 Å². The van der Waals surface area contributed by atoms with Crippen LogP contribution in [0.2, 0.25) is 0 Å². The fourth-order valence-electron chi connectivity index (χ4n) is 4.01. The van der Waals surface area contributed by atoms with Crippen molar-refractivity contribution in [3.63, 3.8) is 0 Å². The van der Waals surface area contributed by atoms with Gasteiger partial charge >= 0.3 is 5.91 Å². The molecule has 1 amide bonds. The number of hydrogen-bond donors (Lipinski definition) is 1. The summed E-state index contributed by atoms with van der Waals surface area (Å²) in [6.07, 6.45) is 4.66. The maximum Gasteiger partial charge on any atom is 0.307 e. The number of nitrogens with zero attached hydrogens (tertiary/aromatic N) is 4. The van der Waals surface area contributed by atoms with E-state index in [1.807, 2.05) is 30.5 Å². The third kappa shape index (κ3) is 3.80. The van der Waals surface area contributed by atoms with Crippen molar-refractivity contribution < 1.29 is 13.9 Å². The Morgan fingerprint density at radius 2 is 1.97 bits per heavy atom. The van der Waals surface area contributed by atoms with Crippen LogP contribution in [0.4, 0.5) is 5.95 Å². The summed E-state index contributed by atoms with van der Waals surface area (Å²) in [5, 5.41) is 3.02. The molecule has 2 aliphatic rings. The first-order chi connectivity index (χ1) is 14.3. The molecule has 0 saturated carbocycles. The summed E-state index contributed by atoms with van der Waals surface area (Å²) >= 11 is 0. The Morgan fingerprint density at radius 3 is 2.83 bits per heavy atom. The first-order valence-electron chi connectivity index (χ1n) is 10.1. The number of fused-ring (bicyclic) bond motifs is 1. The number of aromatic nitrogens is 3. The molecule has 0 aliphatic carbocycles. The van der Waals surface area contributed by atoms with Crippen molar-refractivity contribution in [1.29, 1.82) is 0 Å². The molecule has 0 radical (unpaired) electrons. The quantitative estimate of drug-likeness (QED) is 0.728. The molecule has 1 unspecified atom stereocenters. The monoisotopic (exact) mass is 393 g/mol. The minimum Gasteiger partial charge on any atom is -0.432 e. The molecule has 2 fully saturated rings. The smallest absolute Gasteiger partial charge is 0.307 e. The zero-order valence-corrected chi connectivity index (χ0v) is 16.1. The summed E-state index contributed by atoms with van der Waals surface area (Å²) in [5.41, 5.74) is 2.38. The van der Waals surface area contributed by atoms with Gasteiger partial charge in [0.15, 0.2) is 5.58 Å². The maximum absolute atomic E-state index is 12.5. The lowest BCUT2D eigenvalue weighted by atomic mass is 9.96. The Bertz CT molecular complexity index is 981. The number of benzene rings is 1. The van der Waals surface area contributed by atoms with Crippen LogP contribution < -0.4 is 10.2 Å². The van der Waals surface area contributed by atoms with E-state index in [2.05, 4.69) is 20.2 Å². The number of para-hydroxylation sites is 2. The SMILES string of the molecule is O=C(NC1CCN(c2nccc(C3CCOCC3)n2)C1)c1nc2ccccc2o1. The first-order valence-corrected chi connectivity index (χ1v) is 10.1. The summed E-state index contributed by atoms with van der Waals surface area (Å²) < 4.78 is 11.0. The van der Waals surface area contributed by atoms with Gasteiger partial charge < -0.3 is 19.4 Å². The highest BCUT2D eigenvalue weighted by Crippen LogP contribution is 2.27. The molecule has 8 heteroatoms. The van der Waals surface area contributed by atoms with Crippen molar-refractivity contribution >= 4 is 23.0 Å². The number of ether oxygens (including phenoxy) is 1. The van der Waals surface area contributed by atoms with E-state index in [-0.39, 0.29) is 17.8 Å². The van der Waals surface area contributed by atoms with Crippen LogP contribution in [0.5, 0.6) is 0 Å². The minimum atomic E-state index is -0.287. The Labute approximate surface area is 168 Å². The van der Waals surface area contributed by atoms with Crippen molar-refractivity contribution in [3.05, 3.63) is 48.1 Å². The number of oxazole rings is 1. The average molecular weight is 393 g/mol. The minimum absolute atomic E-state index is 0.00727. The Kier molecular flexibility index (Phi) is 4.85. The van der Waals surface area contributed by atoms with Crippen LogP contribution in [0.25, 0.3) is 11.1 Å². The molecule has 150 valence electrons. The Balaban J connectivity index is 1.23. The fourth-order valence-corrected chi connectivity index (χ4v) is 4.01. The van der Waals surface area contributed by atoms with Crippen molar-refractivity contribution in [2.24, 2.45) is 0 Å². The van der Waals surface area contributed by atoms with Gasteiger partial charge in [0, 0.05) is 50.2 Å². The van der Waals surface area contributed by atoms with Gasteiger partial charge in [0.2, 0.25) is 5.95 Å². The van der Waals surface area contributed by atoms with Gasteiger partial charge in [0.25, 0.3) is 5.89 Å². The summed E-state index contributed by atoms with van der Waals surface area (Å²) in [4.78, 5) is 28.2. The molecule has 0 bridgehead atoms. The van der Waals surface area contributed by atoms with E-state index in [1.54, 1.807) is 6.07 Å². The number of amides is 1. The fraction of sp³-hybridized carbons (Fsp3) is 0.429. The van der Waals surface area contributed by atoms with Crippen LogP contribution in [0.15, 0.2) is 40.9 Å². The Hall–Kier alpha value is -3.00. The van der Waals surface area contributed by atoms with Gasteiger partial charge in [-0.15, -0.1) is 0 Å². The van der Waals surface area contributed by atoms with Crippen LogP contribution in [0.1, 0.15) is 41.6 Å². The zero-order valence-electron chi connectivity index (χ0n) is 16.1. The normalized spacial score (nSPS) is 20.3. The van der Waals surface area contributed by atoms with E-state index in [0.717, 1.165) is 50.7 Å². The molecule has 1 atom stereocenters. The lowest BCUT2D eigenvalue weighted by Gasteiger charge is -2.23. The number of carbonyl (C=O) groups is 1. The summed E-state index contributed by atoms with van der Waals surface area (Å²) in [6.45, 7) is 3.05. The summed E-state index contributed by atoms with van der Waals surface area (Å²) in [6, 6.07) is 9.37. The predicted octanol–water partition coefficient (Wildman–Crippen LogP) is 2.52. The van der Waals surface area contributed by atoms with Gasteiger partial charge in [-0.1, -0.05) is 12.1 Å². The molecular formula is C21H23N5O3. The molecule has 29 heavy (non-hydrogen) atoms. The molecule has 4 heterocycles. The highest BCUT2D eigenvalue weighted by atomic mass is 16.5. The lowest BCUT2D eigenvalue weighted by molar-refractivity contribution is 0.0845. The summed E-state index contributed by atoms with van der Waals surface area (Å²) in [7, 11) is 0. The second-order valence-corrected chi connectivity index (χ2v) is 7.56. The first kappa shape index (κ1) is 18.1. The molecule has 3 aromatic rings. The zero-order chi connectivity index (χ0) is 19.6. The van der Waals surface area contributed by atoms with E-state index in [0.29, 0.717) is 23.6 Å². The molecule has 5 rings (SSSR count). The molecule has 1 aromatic carbocycles. The number of rotatable bonds is 4. The largest absolute Gasteiger partial charge is 0.432 e. The predicted molar refractivity (Wildman–Crippen MR) is 107 cm³/mol. The van der Waals surface area contributed by atoms with E-state index in [9.17, 15) is 4.79 Å². The molecule has 2 aromatic heterocycles. The van der Waals surface area contributed by atoms with Crippen LogP contribution in [-0.2, 0) is 4.74 Å². The van der Waals surface area contributed by atoms with E-state index >= 15 is 0 Å². The third-order valence-corrected chi connectivity index (χ3v) is 5.60. The molecule has 8 nitrogen and oxygen atoms in total. The van der Waals surface area contributed by atoms with Gasteiger partial charge in [0.1, 0.15) is 5.52 Å². The van der Waals surface area contributed by atoms with Crippen molar-refractivity contribution in [1.82, 2.24) is 20.3 Å². The van der Waals surface area contributed by atoms with Crippen molar-refractivity contribution in [2.45, 2.75) is 31.2 Å². The van der Waals surface area contributed by atoms with Gasteiger partial charge in [-0.3, -0.25) is 4.79 Å². The molecule has 2 aliphatic heterocycles. The standard InChI is InChI=1S/C21H23N5O3/c27-19(20-24-17-3-1-2-4-18(17)29-20)23-15-6-10-26(13-15)21-22-9-5-16(25-21)14-7-11-28-12-8-14/h1-5,9,14-15H,6-8,10-13H2,(H,23,27). The van der Waals surface area contributed by atoms with Gasteiger partial charge in [-0.2, -0.15) is 0 Å². The van der Waals surface area contributed by atoms with Gasteiger partial charge in [-0.25, -0.2) is 15.0 Å². The molecule has 1 N–H and O–H groups in total.